The van der Waals surface area contributed by atoms with Gasteiger partial charge in [-0.3, -0.25) is 0 Å². The lowest BCUT2D eigenvalue weighted by Crippen LogP contribution is -2.27. The van der Waals surface area contributed by atoms with Crippen molar-refractivity contribution in [1.82, 2.24) is 9.03 Å². The summed E-state index contributed by atoms with van der Waals surface area (Å²) < 4.78 is 10.6. The van der Waals surface area contributed by atoms with Crippen LogP contribution in [0.1, 0.15) is 33.1 Å². The fraction of sp³-hybridized carbons (Fsp3) is 1.00. The summed E-state index contributed by atoms with van der Waals surface area (Å²) in [6.07, 6.45) is 5.78. The molecule has 0 atom stereocenters. The van der Waals surface area contributed by atoms with Crippen molar-refractivity contribution in [2.24, 2.45) is 0 Å². The van der Waals surface area contributed by atoms with Gasteiger partial charge in [0.1, 0.15) is 0 Å². The van der Waals surface area contributed by atoms with Gasteiger partial charge in [-0.25, -0.2) is 9.03 Å². The van der Waals surface area contributed by atoms with E-state index >= 15 is 0 Å². The second-order valence-electron chi connectivity index (χ2n) is 2.97. The van der Waals surface area contributed by atoms with E-state index in [2.05, 4.69) is 21.7 Å². The number of nitrogens with zero attached hydrogens (tertiary/aromatic N) is 1. The van der Waals surface area contributed by atoms with Crippen LogP contribution >= 0.6 is 24.8 Å². The lowest BCUT2D eigenvalue weighted by molar-refractivity contribution is 0.204. The van der Waals surface area contributed by atoms with Crippen LogP contribution in [0.4, 0.5) is 0 Å². The molecule has 0 bridgehead atoms. The van der Waals surface area contributed by atoms with Crippen LogP contribution in [0.2, 0.25) is 0 Å². The van der Waals surface area contributed by atoms with Gasteiger partial charge >= 0.3 is 0 Å². The minimum atomic E-state index is 0.792. The standard InChI is InChI=1S/C8H18N2OS.C2H6.CH4S/c1-11-8-5-9-12-10-6-3-2-4-7-10;2*1-2/h9H,2-8H2,1H3;1-2H3;2H,1H3. The first kappa shape index (κ1) is 18.9. The number of hydrogen-bond acceptors (Lipinski definition) is 5. The van der Waals surface area contributed by atoms with E-state index in [-0.39, 0.29) is 0 Å². The van der Waals surface area contributed by atoms with Gasteiger partial charge in [0.2, 0.25) is 0 Å². The van der Waals surface area contributed by atoms with Crippen LogP contribution in [0.5, 0.6) is 0 Å². The molecule has 100 valence electrons. The van der Waals surface area contributed by atoms with Crippen LogP contribution in [0.25, 0.3) is 0 Å². The topological polar surface area (TPSA) is 24.5 Å². The Balaban J connectivity index is 0. The number of nitrogens with one attached hydrogen (secondary N) is 1. The first-order chi connectivity index (χ1) is 7.93. The maximum Gasteiger partial charge on any atom is 0.0596 e. The van der Waals surface area contributed by atoms with E-state index in [4.69, 9.17) is 4.74 Å². The maximum atomic E-state index is 4.94. The molecule has 1 N–H and O–H groups in total. The van der Waals surface area contributed by atoms with Crippen molar-refractivity contribution in [2.45, 2.75) is 33.1 Å². The van der Waals surface area contributed by atoms with Gasteiger partial charge in [0.05, 0.1) is 6.61 Å². The molecule has 0 radical (unpaired) electrons. The van der Waals surface area contributed by atoms with E-state index < -0.39 is 0 Å². The normalized spacial score (nSPS) is 15.6. The van der Waals surface area contributed by atoms with Gasteiger partial charge in [-0.2, -0.15) is 12.6 Å². The summed E-state index contributed by atoms with van der Waals surface area (Å²) in [7, 11) is 1.73. The molecule has 16 heavy (non-hydrogen) atoms. The fourth-order valence-electron chi connectivity index (χ4n) is 1.24. The van der Waals surface area contributed by atoms with Gasteiger partial charge in [0.15, 0.2) is 0 Å². The Hall–Kier alpha value is 0.580. The maximum absolute atomic E-state index is 4.94. The summed E-state index contributed by atoms with van der Waals surface area (Å²) in [6.45, 7) is 8.17. The molecule has 0 aromatic heterocycles. The zero-order valence-corrected chi connectivity index (χ0v) is 12.9. The molecule has 1 fully saturated rings. The predicted octanol–water partition coefficient (Wildman–Crippen LogP) is 2.84. The molecule has 1 aliphatic heterocycles. The van der Waals surface area contributed by atoms with E-state index in [1.165, 1.54) is 32.4 Å². The average Bonchev–Trinajstić information content (AvgIpc) is 2.41. The Morgan fingerprint density at radius 1 is 1.19 bits per heavy atom. The second-order valence-corrected chi connectivity index (χ2v) is 3.96. The van der Waals surface area contributed by atoms with Crippen molar-refractivity contribution < 1.29 is 4.74 Å². The van der Waals surface area contributed by atoms with Gasteiger partial charge in [0, 0.05) is 38.9 Å². The molecule has 0 amide bonds. The SMILES string of the molecule is CC.COCCNSN1CCCCC1.CS. The Morgan fingerprint density at radius 2 is 1.75 bits per heavy atom. The largest absolute Gasteiger partial charge is 0.383 e. The first-order valence-corrected chi connectivity index (χ1v) is 7.68. The van der Waals surface area contributed by atoms with Crippen molar-refractivity contribution in [3.8, 4) is 0 Å². The summed E-state index contributed by atoms with van der Waals surface area (Å²) in [5, 5.41) is 0. The zero-order chi connectivity index (χ0) is 12.6. The van der Waals surface area contributed by atoms with Crippen LogP contribution in [0.3, 0.4) is 0 Å². The smallest absolute Gasteiger partial charge is 0.0596 e. The Kier molecular flexibility index (Phi) is 21.3. The highest BCUT2D eigenvalue weighted by atomic mass is 32.2. The molecule has 0 saturated carbocycles. The summed E-state index contributed by atoms with van der Waals surface area (Å²) in [6, 6.07) is 0. The Bertz CT molecular complexity index is 112. The van der Waals surface area contributed by atoms with E-state index in [1.54, 1.807) is 25.5 Å². The molecule has 0 aliphatic carbocycles. The number of methoxy groups -OCH3 is 1. The van der Waals surface area contributed by atoms with Crippen LogP contribution in [-0.4, -0.2) is 43.9 Å². The lowest BCUT2D eigenvalue weighted by Gasteiger charge is -2.24. The number of piperidine rings is 1. The zero-order valence-electron chi connectivity index (χ0n) is 11.2. The van der Waals surface area contributed by atoms with Gasteiger partial charge < -0.3 is 4.74 Å². The molecule has 1 aliphatic rings. The highest BCUT2D eigenvalue weighted by molar-refractivity contribution is 7.95. The van der Waals surface area contributed by atoms with Gasteiger partial charge in [-0.05, 0) is 19.1 Å². The van der Waals surface area contributed by atoms with Crippen molar-refractivity contribution in [3.63, 3.8) is 0 Å². The van der Waals surface area contributed by atoms with Crippen LogP contribution in [0, 0.1) is 0 Å². The van der Waals surface area contributed by atoms with Gasteiger partial charge in [-0.15, -0.1) is 0 Å². The predicted molar refractivity (Wildman–Crippen MR) is 79.2 cm³/mol. The number of rotatable bonds is 5. The van der Waals surface area contributed by atoms with E-state index in [1.807, 2.05) is 13.8 Å². The number of thiol groups is 1. The monoisotopic (exact) mass is 268 g/mol. The van der Waals surface area contributed by atoms with Crippen molar-refractivity contribution in [1.29, 1.82) is 0 Å². The molecule has 0 aromatic rings. The third-order valence-corrected chi connectivity index (χ3v) is 2.87. The van der Waals surface area contributed by atoms with Crippen LogP contribution in [-0.2, 0) is 4.74 Å². The summed E-state index contributed by atoms with van der Waals surface area (Å²) in [5.74, 6) is 0. The molecule has 3 nitrogen and oxygen atoms in total. The lowest BCUT2D eigenvalue weighted by atomic mass is 10.2. The highest BCUT2D eigenvalue weighted by Gasteiger charge is 2.09. The molecule has 1 saturated heterocycles. The van der Waals surface area contributed by atoms with Crippen LogP contribution in [0.15, 0.2) is 0 Å². The van der Waals surface area contributed by atoms with Crippen molar-refractivity contribution in [3.05, 3.63) is 0 Å². The van der Waals surface area contributed by atoms with E-state index in [0.29, 0.717) is 0 Å². The summed E-state index contributed by atoms with van der Waals surface area (Å²) in [4.78, 5) is 0. The van der Waals surface area contributed by atoms with Crippen molar-refractivity contribution in [2.75, 3.05) is 39.6 Å². The average molecular weight is 268 g/mol. The molecule has 0 aromatic carbocycles. The molecule has 1 rings (SSSR count). The molecule has 1 heterocycles. The first-order valence-electron chi connectivity index (χ1n) is 6.02. The van der Waals surface area contributed by atoms with Gasteiger partial charge in [-0.1, -0.05) is 20.3 Å². The number of hydrogen-bond donors (Lipinski definition) is 2. The fourth-order valence-corrected chi connectivity index (χ4v) is 2.03. The Morgan fingerprint density at radius 3 is 2.25 bits per heavy atom. The molecule has 0 unspecified atom stereocenters. The third kappa shape index (κ3) is 12.6. The molecule has 5 heteroatoms. The number of ether oxygens (including phenoxy) is 1. The molecular formula is C11H28N2OS2. The second kappa shape index (κ2) is 18.0. The van der Waals surface area contributed by atoms with Crippen LogP contribution < -0.4 is 4.72 Å². The minimum Gasteiger partial charge on any atom is -0.383 e. The van der Waals surface area contributed by atoms with E-state index in [0.717, 1.165) is 13.2 Å². The van der Waals surface area contributed by atoms with Gasteiger partial charge in [0.25, 0.3) is 0 Å². The Labute approximate surface area is 111 Å². The van der Waals surface area contributed by atoms with Crippen molar-refractivity contribution >= 4 is 24.8 Å². The molecular weight excluding hydrogens is 240 g/mol. The minimum absolute atomic E-state index is 0.792. The molecule has 0 spiro atoms. The third-order valence-electron chi connectivity index (χ3n) is 1.92. The summed E-state index contributed by atoms with van der Waals surface area (Å²) in [5.41, 5.74) is 0. The summed E-state index contributed by atoms with van der Waals surface area (Å²) >= 11 is 5.27. The highest BCUT2D eigenvalue weighted by Crippen LogP contribution is 2.14. The van der Waals surface area contributed by atoms with E-state index in [9.17, 15) is 0 Å². The quantitative estimate of drug-likeness (QED) is 0.455.